The Balaban J connectivity index is 1.27. The van der Waals surface area contributed by atoms with Crippen molar-refractivity contribution in [1.82, 2.24) is 30.5 Å². The molecule has 5 rings (SSSR count). The third-order valence-corrected chi connectivity index (χ3v) is 6.27. The first-order valence-corrected chi connectivity index (χ1v) is 10.6. The highest BCUT2D eigenvalue weighted by molar-refractivity contribution is 7.18. The molecular formula is C21H17N7O2S. The maximum Gasteiger partial charge on any atom is 0.230 e. The number of carbonyl (C=O) groups excluding carboxylic acids is 1. The van der Waals surface area contributed by atoms with E-state index in [1.165, 1.54) is 6.33 Å². The van der Waals surface area contributed by atoms with Crippen LogP contribution in [0.25, 0.3) is 21.3 Å². The predicted molar refractivity (Wildman–Crippen MR) is 112 cm³/mol. The molecule has 0 saturated heterocycles. The first-order valence-electron chi connectivity index (χ1n) is 9.81. The first kappa shape index (κ1) is 19.3. The van der Waals surface area contributed by atoms with Gasteiger partial charge in [-0.05, 0) is 37.0 Å². The zero-order chi connectivity index (χ0) is 21.3. The Kier molecular flexibility index (Phi) is 4.88. The average molecular weight is 431 g/mol. The van der Waals surface area contributed by atoms with Gasteiger partial charge in [-0.15, -0.1) is 21.5 Å². The van der Waals surface area contributed by atoms with E-state index in [2.05, 4.69) is 42.6 Å². The molecule has 9 nitrogen and oxygen atoms in total. The molecule has 0 bridgehead atoms. The van der Waals surface area contributed by atoms with Gasteiger partial charge in [-0.2, -0.15) is 5.26 Å². The van der Waals surface area contributed by atoms with Gasteiger partial charge in [-0.1, -0.05) is 6.07 Å². The van der Waals surface area contributed by atoms with Gasteiger partial charge in [0.25, 0.3) is 0 Å². The smallest absolute Gasteiger partial charge is 0.230 e. The second kappa shape index (κ2) is 7.85. The quantitative estimate of drug-likeness (QED) is 0.493. The van der Waals surface area contributed by atoms with Crippen LogP contribution in [0.4, 0.5) is 0 Å². The molecule has 0 unspecified atom stereocenters. The minimum atomic E-state index is -0.730. The molecule has 4 aromatic rings. The molecule has 10 heteroatoms. The molecule has 31 heavy (non-hydrogen) atoms. The van der Waals surface area contributed by atoms with E-state index >= 15 is 0 Å². The van der Waals surface area contributed by atoms with Crippen molar-refractivity contribution in [1.29, 1.82) is 5.26 Å². The summed E-state index contributed by atoms with van der Waals surface area (Å²) < 4.78 is 6.67. The van der Waals surface area contributed by atoms with Crippen molar-refractivity contribution < 1.29 is 9.21 Å². The first-order chi connectivity index (χ1) is 15.1. The highest BCUT2D eigenvalue weighted by Gasteiger charge is 2.38. The third kappa shape index (κ3) is 4.00. The van der Waals surface area contributed by atoms with Crippen LogP contribution >= 0.6 is 11.3 Å². The summed E-state index contributed by atoms with van der Waals surface area (Å²) in [5, 5.41) is 20.9. The molecule has 1 amide bonds. The molecule has 154 valence electrons. The molecule has 0 atom stereocenters. The van der Waals surface area contributed by atoms with Crippen LogP contribution in [-0.2, 0) is 17.6 Å². The normalized spacial score (nSPS) is 14.7. The maximum atomic E-state index is 12.2. The number of nitrogens with one attached hydrogen (secondary N) is 1. The second-order valence-corrected chi connectivity index (χ2v) is 8.57. The van der Waals surface area contributed by atoms with Crippen molar-refractivity contribution in [2.24, 2.45) is 0 Å². The largest absolute Gasteiger partial charge is 0.424 e. The number of benzene rings is 1. The van der Waals surface area contributed by atoms with Gasteiger partial charge < -0.3 is 9.73 Å². The molecule has 3 aromatic heterocycles. The van der Waals surface area contributed by atoms with E-state index < -0.39 is 5.54 Å². The van der Waals surface area contributed by atoms with Crippen molar-refractivity contribution in [3.05, 3.63) is 53.7 Å². The van der Waals surface area contributed by atoms with Gasteiger partial charge in [0.1, 0.15) is 23.3 Å². The van der Waals surface area contributed by atoms with Crippen LogP contribution < -0.4 is 5.32 Å². The summed E-state index contributed by atoms with van der Waals surface area (Å²) in [6.07, 6.45) is 7.71. The number of fused-ring (bicyclic) bond motifs is 1. The number of nitriles is 1. The fourth-order valence-corrected chi connectivity index (χ4v) is 4.48. The summed E-state index contributed by atoms with van der Waals surface area (Å²) in [5.41, 5.74) is 2.13. The fourth-order valence-electron chi connectivity index (χ4n) is 3.48. The van der Waals surface area contributed by atoms with Crippen LogP contribution in [0, 0.1) is 11.3 Å². The number of aromatic nitrogens is 5. The SMILES string of the molecule is N#CC1(NC(=O)Cc2nnc(Cc3nc4ccc(-c5cncnc5)cc4s3)o2)CCC1. The van der Waals surface area contributed by atoms with Crippen LogP contribution in [-0.4, -0.2) is 36.6 Å². The van der Waals surface area contributed by atoms with Crippen LogP contribution in [0.2, 0.25) is 0 Å². The molecule has 0 radical (unpaired) electrons. The van der Waals surface area contributed by atoms with E-state index in [-0.39, 0.29) is 18.2 Å². The fraction of sp³-hybridized carbons (Fsp3) is 0.286. The van der Waals surface area contributed by atoms with Gasteiger partial charge in [0.15, 0.2) is 0 Å². The molecule has 0 spiro atoms. The Bertz CT molecular complexity index is 1290. The average Bonchev–Trinajstić information content (AvgIpc) is 3.37. The number of hydrogen-bond donors (Lipinski definition) is 1. The Morgan fingerprint density at radius 1 is 1.19 bits per heavy atom. The summed E-state index contributed by atoms with van der Waals surface area (Å²) in [6.45, 7) is 0. The molecule has 3 heterocycles. The van der Waals surface area contributed by atoms with Gasteiger partial charge in [-0.25, -0.2) is 15.0 Å². The summed E-state index contributed by atoms with van der Waals surface area (Å²) in [6, 6.07) is 8.20. The van der Waals surface area contributed by atoms with Crippen molar-refractivity contribution in [3.63, 3.8) is 0 Å². The Hall–Kier alpha value is -3.71. The molecule has 1 saturated carbocycles. The Morgan fingerprint density at radius 3 is 2.74 bits per heavy atom. The molecule has 1 aliphatic rings. The zero-order valence-corrected chi connectivity index (χ0v) is 17.2. The number of rotatable bonds is 6. The summed E-state index contributed by atoms with van der Waals surface area (Å²) in [4.78, 5) is 25.0. The predicted octanol–water partition coefficient (Wildman–Crippen LogP) is 2.83. The van der Waals surface area contributed by atoms with E-state index in [1.807, 2.05) is 12.1 Å². The second-order valence-electron chi connectivity index (χ2n) is 7.46. The Morgan fingerprint density at radius 2 is 2.00 bits per heavy atom. The van der Waals surface area contributed by atoms with Crippen LogP contribution in [0.3, 0.4) is 0 Å². The van der Waals surface area contributed by atoms with Crippen molar-refractivity contribution in [2.75, 3.05) is 0 Å². The van der Waals surface area contributed by atoms with Gasteiger partial charge in [-0.3, -0.25) is 4.79 Å². The summed E-state index contributed by atoms with van der Waals surface area (Å²) in [5.74, 6) is 0.346. The van der Waals surface area contributed by atoms with E-state index in [1.54, 1.807) is 23.7 Å². The van der Waals surface area contributed by atoms with Gasteiger partial charge in [0, 0.05) is 18.0 Å². The Labute approximate surface area is 181 Å². The summed E-state index contributed by atoms with van der Waals surface area (Å²) in [7, 11) is 0. The molecule has 0 aliphatic heterocycles. The molecule has 1 N–H and O–H groups in total. The highest BCUT2D eigenvalue weighted by Crippen LogP contribution is 2.31. The number of thiazole rings is 1. The minimum absolute atomic E-state index is 0.0429. The van der Waals surface area contributed by atoms with E-state index in [4.69, 9.17) is 4.42 Å². The molecule has 1 aliphatic carbocycles. The summed E-state index contributed by atoms with van der Waals surface area (Å²) >= 11 is 1.55. The van der Waals surface area contributed by atoms with Crippen LogP contribution in [0.5, 0.6) is 0 Å². The minimum Gasteiger partial charge on any atom is -0.424 e. The maximum absolute atomic E-state index is 12.2. The monoisotopic (exact) mass is 431 g/mol. The van der Waals surface area contributed by atoms with Gasteiger partial charge in [0.2, 0.25) is 17.7 Å². The molecular weight excluding hydrogens is 414 g/mol. The number of hydrogen-bond acceptors (Lipinski definition) is 9. The zero-order valence-electron chi connectivity index (χ0n) is 16.4. The van der Waals surface area contributed by atoms with Crippen LogP contribution in [0.1, 0.15) is 36.1 Å². The highest BCUT2D eigenvalue weighted by atomic mass is 32.1. The van der Waals surface area contributed by atoms with Crippen molar-refractivity contribution >= 4 is 27.5 Å². The van der Waals surface area contributed by atoms with E-state index in [0.29, 0.717) is 25.2 Å². The number of carbonyl (C=O) groups is 1. The molecule has 1 aromatic carbocycles. The number of nitrogens with zero attached hydrogens (tertiary/aromatic N) is 6. The van der Waals surface area contributed by atoms with Crippen molar-refractivity contribution in [3.8, 4) is 17.2 Å². The lowest BCUT2D eigenvalue weighted by Gasteiger charge is -2.35. The lowest BCUT2D eigenvalue weighted by atomic mass is 9.78. The standard InChI is InChI=1S/C21H17N7O2S/c22-11-21(4-1-5-21)26-17(29)7-18-27-28-19(30-18)8-20-25-15-3-2-13(6-16(15)31-20)14-9-23-12-24-10-14/h2-3,6,9-10,12H,1,4-5,7-8H2,(H,26,29). The van der Waals surface area contributed by atoms with E-state index in [9.17, 15) is 10.1 Å². The lowest BCUT2D eigenvalue weighted by Crippen LogP contribution is -2.52. The van der Waals surface area contributed by atoms with Crippen LogP contribution in [0.15, 0.2) is 41.3 Å². The topological polar surface area (TPSA) is 130 Å². The van der Waals surface area contributed by atoms with Crippen molar-refractivity contribution in [2.45, 2.75) is 37.6 Å². The van der Waals surface area contributed by atoms with Gasteiger partial charge >= 0.3 is 0 Å². The number of amides is 1. The molecule has 1 fully saturated rings. The van der Waals surface area contributed by atoms with Gasteiger partial charge in [0.05, 0.1) is 22.7 Å². The van der Waals surface area contributed by atoms with E-state index in [0.717, 1.165) is 32.8 Å². The third-order valence-electron chi connectivity index (χ3n) is 5.25. The lowest BCUT2D eigenvalue weighted by molar-refractivity contribution is -0.122.